The summed E-state index contributed by atoms with van der Waals surface area (Å²) in [5.74, 6) is 0. The summed E-state index contributed by atoms with van der Waals surface area (Å²) in [5, 5.41) is 15.4. The van der Waals surface area contributed by atoms with E-state index in [4.69, 9.17) is 0 Å². The van der Waals surface area contributed by atoms with E-state index in [0.29, 0.717) is 5.69 Å². The van der Waals surface area contributed by atoms with Crippen LogP contribution in [0.5, 0.6) is 0 Å². The molecule has 1 saturated carbocycles. The molecule has 0 aromatic heterocycles. The van der Waals surface area contributed by atoms with E-state index in [1.54, 1.807) is 6.07 Å². The van der Waals surface area contributed by atoms with E-state index in [2.05, 4.69) is 39.4 Å². The number of anilines is 2. The summed E-state index contributed by atoms with van der Waals surface area (Å²) >= 11 is 0. The maximum absolute atomic E-state index is 11.9. The maximum Gasteiger partial charge on any atom is 0.292 e. The van der Waals surface area contributed by atoms with Crippen LogP contribution in [0.2, 0.25) is 0 Å². The Kier molecular flexibility index (Phi) is 6.77. The molecule has 0 radical (unpaired) electrons. The zero-order valence-corrected chi connectivity index (χ0v) is 19.5. The molecular weight excluding hydrogens is 424 g/mol. The number of nitro groups is 1. The van der Waals surface area contributed by atoms with E-state index < -0.39 is 0 Å². The summed E-state index contributed by atoms with van der Waals surface area (Å²) < 4.78 is 0. The zero-order chi connectivity index (χ0) is 23.3. The van der Waals surface area contributed by atoms with Crippen molar-refractivity contribution in [1.29, 1.82) is 0 Å². The molecule has 1 heterocycles. The summed E-state index contributed by atoms with van der Waals surface area (Å²) in [5.41, 5.74) is 3.83. The maximum atomic E-state index is 11.9. The van der Waals surface area contributed by atoms with Gasteiger partial charge in [0.25, 0.3) is 5.69 Å². The van der Waals surface area contributed by atoms with Crippen LogP contribution in [0.25, 0.3) is 0 Å². The molecule has 6 nitrogen and oxygen atoms in total. The highest BCUT2D eigenvalue weighted by atomic mass is 16.6. The first kappa shape index (κ1) is 22.4. The van der Waals surface area contributed by atoms with Gasteiger partial charge in [-0.05, 0) is 36.1 Å². The van der Waals surface area contributed by atoms with Crippen molar-refractivity contribution in [2.75, 3.05) is 36.4 Å². The van der Waals surface area contributed by atoms with Crippen molar-refractivity contribution in [3.63, 3.8) is 0 Å². The number of piperazine rings is 1. The fraction of sp³-hybridized carbons (Fsp3) is 0.357. The first-order chi connectivity index (χ1) is 16.7. The van der Waals surface area contributed by atoms with Crippen molar-refractivity contribution in [1.82, 2.24) is 4.90 Å². The molecule has 0 atom stereocenters. The molecule has 3 aromatic rings. The molecule has 5 rings (SSSR count). The monoisotopic (exact) mass is 456 g/mol. The van der Waals surface area contributed by atoms with Crippen LogP contribution in [0.1, 0.15) is 42.9 Å². The molecule has 1 saturated heterocycles. The highest BCUT2D eigenvalue weighted by Gasteiger charge is 2.27. The van der Waals surface area contributed by atoms with Gasteiger partial charge < -0.3 is 10.2 Å². The Morgan fingerprint density at radius 1 is 0.824 bits per heavy atom. The Hall–Kier alpha value is -3.38. The summed E-state index contributed by atoms with van der Waals surface area (Å²) in [6, 6.07) is 26.3. The Bertz CT molecular complexity index is 1050. The lowest BCUT2D eigenvalue weighted by atomic mass is 9.98. The van der Waals surface area contributed by atoms with E-state index in [1.807, 2.05) is 48.5 Å². The lowest BCUT2D eigenvalue weighted by Crippen LogP contribution is -2.49. The van der Waals surface area contributed by atoms with Crippen molar-refractivity contribution < 1.29 is 4.92 Å². The molecule has 0 unspecified atom stereocenters. The Balaban J connectivity index is 1.41. The van der Waals surface area contributed by atoms with E-state index in [1.165, 1.54) is 25.7 Å². The second kappa shape index (κ2) is 10.3. The molecule has 0 bridgehead atoms. The molecule has 0 amide bonds. The van der Waals surface area contributed by atoms with Crippen LogP contribution in [0.4, 0.5) is 17.1 Å². The molecule has 176 valence electrons. The van der Waals surface area contributed by atoms with E-state index in [-0.39, 0.29) is 16.7 Å². The fourth-order valence-corrected chi connectivity index (χ4v) is 5.42. The minimum atomic E-state index is -0.294. The Labute approximate surface area is 201 Å². The molecule has 3 aromatic carbocycles. The molecule has 0 spiro atoms. The molecule has 1 aliphatic heterocycles. The second-order valence-electron chi connectivity index (χ2n) is 9.32. The van der Waals surface area contributed by atoms with Gasteiger partial charge in [-0.1, -0.05) is 73.5 Å². The second-order valence-corrected chi connectivity index (χ2v) is 9.32. The third-order valence-electron chi connectivity index (χ3n) is 7.26. The van der Waals surface area contributed by atoms with Gasteiger partial charge in [-0.2, -0.15) is 0 Å². The van der Waals surface area contributed by atoms with Crippen LogP contribution >= 0.6 is 0 Å². The third-order valence-corrected chi connectivity index (χ3v) is 7.26. The standard InChI is InChI=1S/C28H32N4O2/c33-32(34)27-16-15-25(31-19-17-30(18-20-31)24-13-7-8-14-24)21-26(27)29-28(22-9-3-1-4-10-22)23-11-5-2-6-12-23/h1-6,9-12,15-16,21,24,28-29H,7-8,13-14,17-20H2. The predicted octanol–water partition coefficient (Wildman–Crippen LogP) is 5.86. The number of hydrogen-bond acceptors (Lipinski definition) is 5. The van der Waals surface area contributed by atoms with Crippen LogP contribution in [-0.2, 0) is 0 Å². The van der Waals surface area contributed by atoms with Gasteiger partial charge in [-0.15, -0.1) is 0 Å². The summed E-state index contributed by atoms with van der Waals surface area (Å²) in [6.07, 6.45) is 5.36. The smallest absolute Gasteiger partial charge is 0.292 e. The molecule has 2 aliphatic rings. The molecular formula is C28H32N4O2. The zero-order valence-electron chi connectivity index (χ0n) is 19.5. The largest absolute Gasteiger partial charge is 0.369 e. The molecule has 6 heteroatoms. The van der Waals surface area contributed by atoms with Crippen molar-refractivity contribution in [3.05, 3.63) is 100 Å². The van der Waals surface area contributed by atoms with Gasteiger partial charge in [0.1, 0.15) is 5.69 Å². The quantitative estimate of drug-likeness (QED) is 0.356. The molecule has 1 N–H and O–H groups in total. The van der Waals surface area contributed by atoms with Gasteiger partial charge in [0.05, 0.1) is 11.0 Å². The highest BCUT2D eigenvalue weighted by Crippen LogP contribution is 2.35. The van der Waals surface area contributed by atoms with Crippen molar-refractivity contribution >= 4 is 17.1 Å². The summed E-state index contributed by atoms with van der Waals surface area (Å²) in [7, 11) is 0. The lowest BCUT2D eigenvalue weighted by molar-refractivity contribution is -0.384. The summed E-state index contributed by atoms with van der Waals surface area (Å²) in [6.45, 7) is 4.02. The fourth-order valence-electron chi connectivity index (χ4n) is 5.42. The van der Waals surface area contributed by atoms with E-state index in [0.717, 1.165) is 49.0 Å². The lowest BCUT2D eigenvalue weighted by Gasteiger charge is -2.39. The normalized spacial score (nSPS) is 17.3. The van der Waals surface area contributed by atoms with E-state index >= 15 is 0 Å². The number of hydrogen-bond donors (Lipinski definition) is 1. The van der Waals surface area contributed by atoms with Gasteiger partial charge in [0.15, 0.2) is 0 Å². The van der Waals surface area contributed by atoms with Gasteiger partial charge >= 0.3 is 0 Å². The topological polar surface area (TPSA) is 61.7 Å². The predicted molar refractivity (Wildman–Crippen MR) is 137 cm³/mol. The van der Waals surface area contributed by atoms with E-state index in [9.17, 15) is 10.1 Å². The minimum absolute atomic E-state index is 0.102. The van der Waals surface area contributed by atoms with Crippen LogP contribution in [0, 0.1) is 10.1 Å². The molecule has 34 heavy (non-hydrogen) atoms. The summed E-state index contributed by atoms with van der Waals surface area (Å²) in [4.78, 5) is 16.6. The average molecular weight is 457 g/mol. The van der Waals surface area contributed by atoms with Crippen LogP contribution in [0.3, 0.4) is 0 Å². The Morgan fingerprint density at radius 2 is 1.41 bits per heavy atom. The number of nitrogens with one attached hydrogen (secondary N) is 1. The van der Waals surface area contributed by atoms with Gasteiger partial charge in [-0.3, -0.25) is 15.0 Å². The van der Waals surface area contributed by atoms with Crippen LogP contribution < -0.4 is 10.2 Å². The number of nitro benzene ring substituents is 1. The SMILES string of the molecule is O=[N+]([O-])c1ccc(N2CCN(C3CCCC3)CC2)cc1NC(c1ccccc1)c1ccccc1. The first-order valence-corrected chi connectivity index (χ1v) is 12.3. The molecule has 1 aliphatic carbocycles. The molecule has 2 fully saturated rings. The third kappa shape index (κ3) is 4.92. The Morgan fingerprint density at radius 3 is 1.97 bits per heavy atom. The van der Waals surface area contributed by atoms with Gasteiger partial charge in [-0.25, -0.2) is 0 Å². The van der Waals surface area contributed by atoms with Crippen molar-refractivity contribution in [2.45, 2.75) is 37.8 Å². The number of rotatable bonds is 7. The van der Waals surface area contributed by atoms with Gasteiger partial charge in [0, 0.05) is 44.0 Å². The van der Waals surface area contributed by atoms with Crippen molar-refractivity contribution in [2.24, 2.45) is 0 Å². The number of benzene rings is 3. The van der Waals surface area contributed by atoms with Crippen molar-refractivity contribution in [3.8, 4) is 0 Å². The minimum Gasteiger partial charge on any atom is -0.369 e. The average Bonchev–Trinajstić information content (AvgIpc) is 3.43. The highest BCUT2D eigenvalue weighted by molar-refractivity contribution is 5.70. The first-order valence-electron chi connectivity index (χ1n) is 12.3. The number of nitrogens with zero attached hydrogens (tertiary/aromatic N) is 3. The van der Waals surface area contributed by atoms with Crippen LogP contribution in [-0.4, -0.2) is 42.0 Å². The van der Waals surface area contributed by atoms with Crippen LogP contribution in [0.15, 0.2) is 78.9 Å². The van der Waals surface area contributed by atoms with Gasteiger partial charge in [0.2, 0.25) is 0 Å².